The van der Waals surface area contributed by atoms with E-state index in [1.807, 2.05) is 12.1 Å². The summed E-state index contributed by atoms with van der Waals surface area (Å²) in [4.78, 5) is 0. The van der Waals surface area contributed by atoms with Gasteiger partial charge in [0.1, 0.15) is 0 Å². The molecule has 0 aliphatic heterocycles. The van der Waals surface area contributed by atoms with Gasteiger partial charge in [-0.3, -0.25) is 0 Å². The molecule has 1 atom stereocenters. The Morgan fingerprint density at radius 3 is 2.25 bits per heavy atom. The number of nitrogens with one attached hydrogen (secondary N) is 1. The Balaban J connectivity index is 1.52. The average molecular weight is 292 g/mol. The van der Waals surface area contributed by atoms with Crippen molar-refractivity contribution in [1.82, 2.24) is 5.32 Å². The molecule has 2 fully saturated rings. The zero-order valence-corrected chi connectivity index (χ0v) is 13.3. The molecule has 0 saturated heterocycles. The maximum absolute atomic E-state index is 5.96. The van der Waals surface area contributed by atoms with Gasteiger partial charge in [-0.15, -0.1) is 0 Å². The molecule has 1 aromatic carbocycles. The highest BCUT2D eigenvalue weighted by Crippen LogP contribution is 2.49. The summed E-state index contributed by atoms with van der Waals surface area (Å²) in [5.41, 5.74) is 2.08. The van der Waals surface area contributed by atoms with E-state index in [0.717, 1.165) is 10.4 Å². The lowest BCUT2D eigenvalue weighted by atomic mass is 9.71. The average Bonchev–Trinajstić information content (AvgIpc) is 2.91. The molecule has 1 nitrogen and oxygen atoms in total. The van der Waals surface area contributed by atoms with Crippen LogP contribution in [0, 0.1) is 5.41 Å². The maximum Gasteiger partial charge on any atom is 0.0406 e. The van der Waals surface area contributed by atoms with E-state index in [-0.39, 0.29) is 0 Å². The van der Waals surface area contributed by atoms with Gasteiger partial charge in [-0.05, 0) is 68.6 Å². The Kier molecular flexibility index (Phi) is 4.37. The zero-order chi connectivity index (χ0) is 14.0. The van der Waals surface area contributed by atoms with Crippen LogP contribution >= 0.6 is 11.6 Å². The molecule has 0 heterocycles. The highest BCUT2D eigenvalue weighted by atomic mass is 35.5. The molecule has 0 radical (unpaired) electrons. The van der Waals surface area contributed by atoms with Gasteiger partial charge in [0.2, 0.25) is 0 Å². The lowest BCUT2D eigenvalue weighted by molar-refractivity contribution is 0.164. The predicted molar refractivity (Wildman–Crippen MR) is 86.2 cm³/mol. The smallest absolute Gasteiger partial charge is 0.0406 e. The van der Waals surface area contributed by atoms with Gasteiger partial charge in [0, 0.05) is 17.1 Å². The van der Waals surface area contributed by atoms with Gasteiger partial charge >= 0.3 is 0 Å². The highest BCUT2D eigenvalue weighted by molar-refractivity contribution is 6.30. The maximum atomic E-state index is 5.96. The summed E-state index contributed by atoms with van der Waals surface area (Å²) in [5, 5.41) is 4.64. The van der Waals surface area contributed by atoms with Crippen LogP contribution in [0.2, 0.25) is 5.02 Å². The molecule has 1 N–H and O–H groups in total. The van der Waals surface area contributed by atoms with E-state index in [0.29, 0.717) is 12.1 Å². The molecule has 0 bridgehead atoms. The monoisotopic (exact) mass is 291 g/mol. The van der Waals surface area contributed by atoms with E-state index < -0.39 is 0 Å². The topological polar surface area (TPSA) is 12.0 Å². The SMILES string of the molecule is CC(NC1CCC2(CCCC2)CC1)c1ccc(Cl)cc1. The molecule has 0 aromatic heterocycles. The second-order valence-corrected chi connectivity index (χ2v) is 7.36. The van der Waals surface area contributed by atoms with E-state index in [4.69, 9.17) is 11.6 Å². The first kappa shape index (κ1) is 14.4. The Labute approximate surface area is 128 Å². The van der Waals surface area contributed by atoms with Crippen molar-refractivity contribution < 1.29 is 0 Å². The van der Waals surface area contributed by atoms with Gasteiger partial charge in [0.15, 0.2) is 0 Å². The second-order valence-electron chi connectivity index (χ2n) is 6.92. The molecule has 2 heteroatoms. The van der Waals surface area contributed by atoms with E-state index in [2.05, 4.69) is 24.4 Å². The molecular formula is C18H26ClN. The van der Waals surface area contributed by atoms with Crippen molar-refractivity contribution >= 4 is 11.6 Å². The first-order valence-corrected chi connectivity index (χ1v) is 8.56. The minimum absolute atomic E-state index is 0.426. The summed E-state index contributed by atoms with van der Waals surface area (Å²) >= 11 is 5.96. The molecular weight excluding hydrogens is 266 g/mol. The normalized spacial score (nSPS) is 24.1. The van der Waals surface area contributed by atoms with Crippen LogP contribution in [0.25, 0.3) is 0 Å². The molecule has 1 unspecified atom stereocenters. The Morgan fingerprint density at radius 1 is 1.05 bits per heavy atom. The largest absolute Gasteiger partial charge is 0.307 e. The highest BCUT2D eigenvalue weighted by Gasteiger charge is 2.37. The van der Waals surface area contributed by atoms with Crippen LogP contribution in [0.5, 0.6) is 0 Å². The van der Waals surface area contributed by atoms with Crippen LogP contribution < -0.4 is 5.32 Å². The van der Waals surface area contributed by atoms with Crippen LogP contribution in [-0.2, 0) is 0 Å². The van der Waals surface area contributed by atoms with E-state index >= 15 is 0 Å². The van der Waals surface area contributed by atoms with Crippen LogP contribution in [0.3, 0.4) is 0 Å². The van der Waals surface area contributed by atoms with Crippen molar-refractivity contribution in [2.45, 2.75) is 70.4 Å². The van der Waals surface area contributed by atoms with Crippen molar-refractivity contribution in [3.63, 3.8) is 0 Å². The molecule has 2 saturated carbocycles. The van der Waals surface area contributed by atoms with Crippen LogP contribution in [-0.4, -0.2) is 6.04 Å². The van der Waals surface area contributed by atoms with Gasteiger partial charge in [-0.25, -0.2) is 0 Å². The van der Waals surface area contributed by atoms with Gasteiger partial charge < -0.3 is 5.32 Å². The summed E-state index contributed by atoms with van der Waals surface area (Å²) in [7, 11) is 0. The number of benzene rings is 1. The fourth-order valence-corrected chi connectivity index (χ4v) is 4.35. The minimum Gasteiger partial charge on any atom is -0.307 e. The number of hydrogen-bond donors (Lipinski definition) is 1. The molecule has 20 heavy (non-hydrogen) atoms. The van der Waals surface area contributed by atoms with Crippen molar-refractivity contribution in [2.24, 2.45) is 5.41 Å². The number of rotatable bonds is 3. The van der Waals surface area contributed by atoms with Crippen LogP contribution in [0.4, 0.5) is 0 Å². The van der Waals surface area contributed by atoms with E-state index in [1.54, 1.807) is 0 Å². The molecule has 3 rings (SSSR count). The number of halogens is 1. The summed E-state index contributed by atoms with van der Waals surface area (Å²) in [6.07, 6.45) is 11.5. The quantitative estimate of drug-likeness (QED) is 0.776. The fraction of sp³-hybridized carbons (Fsp3) is 0.667. The van der Waals surface area contributed by atoms with Crippen LogP contribution in [0.15, 0.2) is 24.3 Å². The first-order valence-electron chi connectivity index (χ1n) is 8.18. The second kappa shape index (κ2) is 6.07. The van der Waals surface area contributed by atoms with E-state index in [1.165, 1.54) is 56.9 Å². The van der Waals surface area contributed by atoms with Gasteiger partial charge in [0.05, 0.1) is 0 Å². The Bertz CT molecular complexity index is 423. The van der Waals surface area contributed by atoms with Crippen molar-refractivity contribution in [1.29, 1.82) is 0 Å². The Hall–Kier alpha value is -0.530. The molecule has 2 aliphatic rings. The number of hydrogen-bond acceptors (Lipinski definition) is 1. The lowest BCUT2D eigenvalue weighted by Crippen LogP contribution is -2.37. The third-order valence-electron chi connectivity index (χ3n) is 5.57. The fourth-order valence-electron chi connectivity index (χ4n) is 4.22. The Morgan fingerprint density at radius 2 is 1.65 bits per heavy atom. The summed E-state index contributed by atoms with van der Waals surface area (Å²) in [5.74, 6) is 0. The third kappa shape index (κ3) is 3.20. The van der Waals surface area contributed by atoms with Gasteiger partial charge in [-0.2, -0.15) is 0 Å². The van der Waals surface area contributed by atoms with Crippen LogP contribution in [0.1, 0.15) is 69.9 Å². The van der Waals surface area contributed by atoms with Crippen molar-refractivity contribution in [2.75, 3.05) is 0 Å². The summed E-state index contributed by atoms with van der Waals surface area (Å²) < 4.78 is 0. The van der Waals surface area contributed by atoms with E-state index in [9.17, 15) is 0 Å². The standard InChI is InChI=1S/C18H26ClN/c1-14(15-4-6-16(19)7-5-15)20-17-8-12-18(13-9-17)10-2-3-11-18/h4-7,14,17,20H,2-3,8-13H2,1H3. The first-order chi connectivity index (χ1) is 9.67. The lowest BCUT2D eigenvalue weighted by Gasteiger charge is -2.38. The molecule has 0 amide bonds. The third-order valence-corrected chi connectivity index (χ3v) is 5.82. The molecule has 1 spiro atoms. The van der Waals surface area contributed by atoms with Gasteiger partial charge in [-0.1, -0.05) is 36.6 Å². The predicted octanol–water partition coefficient (Wildman–Crippen LogP) is 5.49. The summed E-state index contributed by atoms with van der Waals surface area (Å²) in [6.45, 7) is 2.27. The minimum atomic E-state index is 0.426. The van der Waals surface area contributed by atoms with Crippen molar-refractivity contribution in [3.8, 4) is 0 Å². The van der Waals surface area contributed by atoms with Gasteiger partial charge in [0.25, 0.3) is 0 Å². The summed E-state index contributed by atoms with van der Waals surface area (Å²) in [6, 6.07) is 9.39. The van der Waals surface area contributed by atoms with Crippen molar-refractivity contribution in [3.05, 3.63) is 34.9 Å². The molecule has 1 aromatic rings. The molecule has 110 valence electrons. The zero-order valence-electron chi connectivity index (χ0n) is 12.5. The molecule has 2 aliphatic carbocycles.